The van der Waals surface area contributed by atoms with Gasteiger partial charge in [0.1, 0.15) is 12.3 Å². The number of aromatic nitrogens is 1. The number of rotatable bonds is 8. The Bertz CT molecular complexity index is 1130. The summed E-state index contributed by atoms with van der Waals surface area (Å²) in [5, 5.41) is 18.3. The highest BCUT2D eigenvalue weighted by Gasteiger charge is 2.56. The number of quaternary nitrogens is 1. The quantitative estimate of drug-likeness (QED) is 0.409. The highest BCUT2D eigenvalue weighted by molar-refractivity contribution is 5.90. The number of piperidine rings is 3. The molecule has 3 aliphatic heterocycles. The Balaban J connectivity index is 1.30. The molecule has 4 aliphatic rings. The molecular formula is C27H34F2N3O5+. The van der Waals surface area contributed by atoms with E-state index in [0.29, 0.717) is 29.0 Å². The van der Waals surface area contributed by atoms with Gasteiger partial charge < -0.3 is 24.2 Å². The number of alkyl halides is 2. The van der Waals surface area contributed by atoms with Gasteiger partial charge in [-0.2, -0.15) is 0 Å². The minimum Gasteiger partial charge on any atom is -0.454 e. The Labute approximate surface area is 214 Å². The second-order valence-corrected chi connectivity index (χ2v) is 10.9. The summed E-state index contributed by atoms with van der Waals surface area (Å²) >= 11 is 0. The predicted octanol–water partition coefficient (Wildman–Crippen LogP) is 3.65. The summed E-state index contributed by atoms with van der Waals surface area (Å²) in [6.45, 7) is 4.13. The molecule has 4 heterocycles. The Hall–Kier alpha value is -2.85. The van der Waals surface area contributed by atoms with Crippen molar-refractivity contribution < 1.29 is 37.2 Å². The number of aliphatic hydroxyl groups is 1. The number of hydrogen-bond acceptors (Lipinski definition) is 6. The third-order valence-electron chi connectivity index (χ3n) is 8.47. The molecule has 37 heavy (non-hydrogen) atoms. The van der Waals surface area contributed by atoms with Crippen LogP contribution in [0.1, 0.15) is 50.4 Å². The van der Waals surface area contributed by atoms with E-state index in [-0.39, 0.29) is 36.8 Å². The molecular weight excluding hydrogens is 484 g/mol. The van der Waals surface area contributed by atoms with Crippen LogP contribution in [0.5, 0.6) is 0 Å². The van der Waals surface area contributed by atoms with Crippen LogP contribution < -0.4 is 5.32 Å². The lowest BCUT2D eigenvalue weighted by molar-refractivity contribution is -0.939. The van der Waals surface area contributed by atoms with Crippen LogP contribution in [0, 0.1) is 11.8 Å². The molecule has 2 unspecified atom stereocenters. The van der Waals surface area contributed by atoms with Crippen LogP contribution in [0.3, 0.4) is 0 Å². The summed E-state index contributed by atoms with van der Waals surface area (Å²) in [6, 6.07) is 9.95. The van der Waals surface area contributed by atoms with Crippen molar-refractivity contribution in [3.05, 3.63) is 47.7 Å². The zero-order valence-electron chi connectivity index (χ0n) is 21.0. The van der Waals surface area contributed by atoms with Crippen LogP contribution in [0.4, 0.5) is 14.6 Å². The van der Waals surface area contributed by atoms with Crippen LogP contribution in [0.2, 0.25) is 0 Å². The molecule has 8 nitrogen and oxygen atoms in total. The average Bonchev–Trinajstić information content (AvgIpc) is 3.49. The van der Waals surface area contributed by atoms with Crippen LogP contribution in [-0.4, -0.2) is 64.8 Å². The van der Waals surface area contributed by atoms with E-state index < -0.39 is 35.9 Å². The van der Waals surface area contributed by atoms with Crippen molar-refractivity contribution in [2.75, 3.05) is 31.5 Å². The number of benzene rings is 1. The molecule has 0 radical (unpaired) electrons. The summed E-state index contributed by atoms with van der Waals surface area (Å²) < 4.78 is 39.8. The molecule has 1 aromatic heterocycles. The maximum absolute atomic E-state index is 14.1. The number of anilines is 1. The molecule has 3 atom stereocenters. The van der Waals surface area contributed by atoms with Gasteiger partial charge in [0.05, 0.1) is 13.1 Å². The maximum Gasteiger partial charge on any atom is 0.343 e. The zero-order chi connectivity index (χ0) is 26.3. The lowest BCUT2D eigenvalue weighted by Crippen LogP contribution is -2.66. The first kappa shape index (κ1) is 25.8. The molecule has 1 saturated carbocycles. The van der Waals surface area contributed by atoms with Gasteiger partial charge in [0.15, 0.2) is 24.1 Å². The van der Waals surface area contributed by atoms with Crippen LogP contribution in [-0.2, 0) is 26.3 Å². The number of aryl methyl sites for hydroxylation is 1. The molecule has 1 aliphatic carbocycles. The molecule has 10 heteroatoms. The standard InChI is InChI=1S/C27H33F2N3O5/c1-2-21-14-23(31-37-21)30-24(33)17-32-12-9-18(10-13-32)22(16-32)36-25(34)27(35,19-6-4-3-5-7-19)20-8-11-26(28,29)15-20/h3-7,14,18,20,22,35H,2,8-13,15-17H2,1H3/p+1/t18?,20?,22-,27?,32?/m0/s1. The number of nitrogens with zero attached hydrogens (tertiary/aromatic N) is 2. The van der Waals surface area contributed by atoms with E-state index >= 15 is 0 Å². The third-order valence-corrected chi connectivity index (χ3v) is 8.47. The summed E-state index contributed by atoms with van der Waals surface area (Å²) in [6.07, 6.45) is 0.824. The maximum atomic E-state index is 14.1. The molecule has 4 fully saturated rings. The molecule has 0 spiro atoms. The number of carbonyl (C=O) groups is 2. The van der Waals surface area contributed by atoms with E-state index in [2.05, 4.69) is 10.5 Å². The Morgan fingerprint density at radius 2 is 1.97 bits per heavy atom. The Morgan fingerprint density at radius 3 is 2.59 bits per heavy atom. The van der Waals surface area contributed by atoms with Crippen LogP contribution in [0.25, 0.3) is 0 Å². The highest BCUT2D eigenvalue weighted by Crippen LogP contribution is 2.48. The number of ether oxygens (including phenoxy) is 1. The lowest BCUT2D eigenvalue weighted by atomic mass is 9.79. The van der Waals surface area contributed by atoms with Gasteiger partial charge in [-0.05, 0) is 12.0 Å². The number of esters is 1. The smallest absolute Gasteiger partial charge is 0.343 e. The second-order valence-electron chi connectivity index (χ2n) is 10.9. The van der Waals surface area contributed by atoms with E-state index in [1.165, 1.54) is 0 Å². The summed E-state index contributed by atoms with van der Waals surface area (Å²) in [5.41, 5.74) is -1.88. The molecule has 2 bridgehead atoms. The fourth-order valence-electron chi connectivity index (χ4n) is 6.35. The lowest BCUT2D eigenvalue weighted by Gasteiger charge is -2.51. The predicted molar refractivity (Wildman–Crippen MR) is 129 cm³/mol. The van der Waals surface area contributed by atoms with Gasteiger partial charge in [-0.15, -0.1) is 0 Å². The SMILES string of the molecule is CCc1cc(NC(=O)C[N+]23CCC(CC2)[C@@H](OC(=O)C(O)(c2ccccc2)C2CCC(F)(F)C2)C3)no1. The van der Waals surface area contributed by atoms with Gasteiger partial charge >= 0.3 is 5.97 Å². The van der Waals surface area contributed by atoms with Crippen molar-refractivity contribution in [2.24, 2.45) is 11.8 Å². The van der Waals surface area contributed by atoms with Crippen molar-refractivity contribution in [2.45, 2.75) is 63.1 Å². The normalized spacial score (nSPS) is 30.0. The molecule has 200 valence electrons. The van der Waals surface area contributed by atoms with Gasteiger partial charge in [-0.1, -0.05) is 42.4 Å². The van der Waals surface area contributed by atoms with E-state index in [1.54, 1.807) is 36.4 Å². The summed E-state index contributed by atoms with van der Waals surface area (Å²) in [7, 11) is 0. The number of carbonyl (C=O) groups excluding carboxylic acids is 2. The zero-order valence-corrected chi connectivity index (χ0v) is 21.0. The Kier molecular flexibility index (Phi) is 6.83. The molecule has 2 aromatic rings. The first-order chi connectivity index (χ1) is 17.6. The van der Waals surface area contributed by atoms with E-state index in [0.717, 1.165) is 25.9 Å². The van der Waals surface area contributed by atoms with Crippen molar-refractivity contribution in [1.29, 1.82) is 0 Å². The van der Waals surface area contributed by atoms with Crippen molar-refractivity contribution in [3.8, 4) is 0 Å². The largest absolute Gasteiger partial charge is 0.454 e. The van der Waals surface area contributed by atoms with Gasteiger partial charge in [-0.3, -0.25) is 4.79 Å². The summed E-state index contributed by atoms with van der Waals surface area (Å²) in [5.74, 6) is -3.78. The number of hydrogen-bond donors (Lipinski definition) is 2. The fraction of sp³-hybridized carbons (Fsp3) is 0.593. The van der Waals surface area contributed by atoms with Gasteiger partial charge in [-0.25, -0.2) is 13.6 Å². The van der Waals surface area contributed by atoms with Crippen molar-refractivity contribution in [3.63, 3.8) is 0 Å². The third kappa shape index (κ3) is 5.13. The second kappa shape index (κ2) is 9.79. The molecule has 1 aromatic carbocycles. The van der Waals surface area contributed by atoms with Crippen molar-refractivity contribution >= 4 is 17.7 Å². The van der Waals surface area contributed by atoms with Gasteiger partial charge in [0.25, 0.3) is 5.91 Å². The van der Waals surface area contributed by atoms with Gasteiger partial charge in [0, 0.05) is 50.0 Å². The molecule has 2 N–H and O–H groups in total. The number of nitrogens with one attached hydrogen (secondary N) is 1. The van der Waals surface area contributed by atoms with E-state index in [4.69, 9.17) is 9.26 Å². The first-order valence-corrected chi connectivity index (χ1v) is 13.1. The van der Waals surface area contributed by atoms with Crippen LogP contribution >= 0.6 is 0 Å². The number of fused-ring (bicyclic) bond motifs is 3. The molecule has 6 rings (SSSR count). The number of halogens is 2. The monoisotopic (exact) mass is 518 g/mol. The van der Waals surface area contributed by atoms with Crippen molar-refractivity contribution in [1.82, 2.24) is 5.16 Å². The minimum absolute atomic E-state index is 0.0313. The van der Waals surface area contributed by atoms with E-state index in [9.17, 15) is 23.5 Å². The Morgan fingerprint density at radius 1 is 1.24 bits per heavy atom. The average molecular weight is 519 g/mol. The summed E-state index contributed by atoms with van der Waals surface area (Å²) in [4.78, 5) is 26.4. The fourth-order valence-corrected chi connectivity index (χ4v) is 6.35. The van der Waals surface area contributed by atoms with E-state index in [1.807, 2.05) is 6.92 Å². The van der Waals surface area contributed by atoms with Crippen LogP contribution in [0.15, 0.2) is 40.9 Å². The minimum atomic E-state index is -2.92. The highest BCUT2D eigenvalue weighted by atomic mass is 19.3. The molecule has 1 amide bonds. The topological polar surface area (TPSA) is 102 Å². The molecule has 3 saturated heterocycles. The van der Waals surface area contributed by atoms with Gasteiger partial charge in [0.2, 0.25) is 5.92 Å². The first-order valence-electron chi connectivity index (χ1n) is 13.1. The number of amides is 1.